The Morgan fingerprint density at radius 2 is 2.09 bits per heavy atom. The van der Waals surface area contributed by atoms with Crippen molar-refractivity contribution in [2.45, 2.75) is 11.8 Å². The number of nitrogens with one attached hydrogen (secondary N) is 1. The summed E-state index contributed by atoms with van der Waals surface area (Å²) in [5.74, 6) is -0.290. The quantitative estimate of drug-likeness (QED) is 0.496. The third kappa shape index (κ3) is 4.72. The van der Waals surface area contributed by atoms with Crippen LogP contribution < -0.4 is 10.1 Å². The molecule has 2 aromatic carbocycles. The van der Waals surface area contributed by atoms with Gasteiger partial charge in [0.05, 0.1) is 4.92 Å². The van der Waals surface area contributed by atoms with Crippen LogP contribution in [0, 0.1) is 17.0 Å². The molecule has 0 saturated heterocycles. The number of ether oxygens (including phenoxy) is 1. The summed E-state index contributed by atoms with van der Waals surface area (Å²) >= 11 is 1.57. The van der Waals surface area contributed by atoms with Crippen LogP contribution in [0.4, 0.5) is 11.4 Å². The topological polar surface area (TPSA) is 81.5 Å². The lowest BCUT2D eigenvalue weighted by Crippen LogP contribution is -2.20. The summed E-state index contributed by atoms with van der Waals surface area (Å²) in [5.41, 5.74) is 1.32. The largest absolute Gasteiger partial charge is 0.477 e. The van der Waals surface area contributed by atoms with Gasteiger partial charge >= 0.3 is 5.69 Å². The number of amides is 1. The first kappa shape index (κ1) is 16.8. The van der Waals surface area contributed by atoms with Gasteiger partial charge in [-0.25, -0.2) is 0 Å². The van der Waals surface area contributed by atoms with Crippen molar-refractivity contribution >= 4 is 29.0 Å². The monoisotopic (exact) mass is 332 g/mol. The van der Waals surface area contributed by atoms with Crippen molar-refractivity contribution in [3.8, 4) is 5.75 Å². The summed E-state index contributed by atoms with van der Waals surface area (Å²) < 4.78 is 5.31. The van der Waals surface area contributed by atoms with Gasteiger partial charge in [0.2, 0.25) is 0 Å². The molecule has 0 aromatic heterocycles. The molecule has 0 radical (unpaired) electrons. The number of benzene rings is 2. The van der Waals surface area contributed by atoms with Crippen LogP contribution in [0.1, 0.15) is 5.56 Å². The molecule has 0 aliphatic carbocycles. The van der Waals surface area contributed by atoms with Crippen molar-refractivity contribution < 1.29 is 14.5 Å². The number of hydrogen-bond acceptors (Lipinski definition) is 5. The van der Waals surface area contributed by atoms with Gasteiger partial charge in [0.1, 0.15) is 0 Å². The van der Waals surface area contributed by atoms with Crippen molar-refractivity contribution in [3.05, 3.63) is 58.1 Å². The molecule has 0 bridgehead atoms. The van der Waals surface area contributed by atoms with E-state index in [1.807, 2.05) is 24.5 Å². The van der Waals surface area contributed by atoms with E-state index < -0.39 is 4.92 Å². The molecule has 2 aromatic rings. The summed E-state index contributed by atoms with van der Waals surface area (Å²) in [7, 11) is 0. The van der Waals surface area contributed by atoms with Crippen LogP contribution in [0.2, 0.25) is 0 Å². The maximum atomic E-state index is 11.9. The standard InChI is InChI=1S/C16H16N2O4S/c1-11-6-7-14(18(20)21)15(8-11)22-10-16(19)17-12-4-3-5-13(9-12)23-2/h3-9H,10H2,1-2H3,(H,17,19). The summed E-state index contributed by atoms with van der Waals surface area (Å²) in [4.78, 5) is 23.4. The second-order valence-electron chi connectivity index (χ2n) is 4.80. The Hall–Kier alpha value is -2.54. The average Bonchev–Trinajstić information content (AvgIpc) is 2.53. The van der Waals surface area contributed by atoms with E-state index in [-0.39, 0.29) is 24.0 Å². The molecular weight excluding hydrogens is 316 g/mol. The molecule has 0 aliphatic heterocycles. The number of thioether (sulfide) groups is 1. The van der Waals surface area contributed by atoms with Crippen LogP contribution in [0.25, 0.3) is 0 Å². The van der Waals surface area contributed by atoms with Gasteiger partial charge in [-0.2, -0.15) is 0 Å². The normalized spacial score (nSPS) is 10.2. The van der Waals surface area contributed by atoms with E-state index in [4.69, 9.17) is 4.74 Å². The lowest BCUT2D eigenvalue weighted by atomic mass is 10.2. The Morgan fingerprint density at radius 3 is 2.78 bits per heavy atom. The highest BCUT2D eigenvalue weighted by Gasteiger charge is 2.16. The Kier molecular flexibility index (Phi) is 5.59. The molecule has 1 N–H and O–H groups in total. The minimum Gasteiger partial charge on any atom is -0.477 e. The third-order valence-corrected chi connectivity index (χ3v) is 3.75. The molecule has 7 heteroatoms. The number of rotatable bonds is 6. The first-order chi connectivity index (χ1) is 11.0. The summed E-state index contributed by atoms with van der Waals surface area (Å²) in [5, 5.41) is 13.7. The number of nitro groups is 1. The van der Waals surface area contributed by atoms with Crippen LogP contribution >= 0.6 is 11.8 Å². The number of nitrogens with zero attached hydrogens (tertiary/aromatic N) is 1. The van der Waals surface area contributed by atoms with E-state index in [1.54, 1.807) is 36.9 Å². The van der Waals surface area contributed by atoms with Gasteiger partial charge in [0, 0.05) is 16.6 Å². The van der Waals surface area contributed by atoms with E-state index in [2.05, 4.69) is 5.32 Å². The van der Waals surface area contributed by atoms with Gasteiger partial charge in [-0.1, -0.05) is 12.1 Å². The smallest absolute Gasteiger partial charge is 0.310 e. The SMILES string of the molecule is CSc1cccc(NC(=O)COc2cc(C)ccc2[N+](=O)[O-])c1. The summed E-state index contributed by atoms with van der Waals surface area (Å²) in [6.45, 7) is 1.50. The van der Waals surface area contributed by atoms with Crippen molar-refractivity contribution in [3.63, 3.8) is 0 Å². The van der Waals surface area contributed by atoms with E-state index >= 15 is 0 Å². The van der Waals surface area contributed by atoms with Gasteiger partial charge in [0.25, 0.3) is 5.91 Å². The molecule has 0 unspecified atom stereocenters. The number of carbonyl (C=O) groups is 1. The van der Waals surface area contributed by atoms with Crippen molar-refractivity contribution in [2.75, 3.05) is 18.2 Å². The first-order valence-corrected chi connectivity index (χ1v) is 8.04. The summed E-state index contributed by atoms with van der Waals surface area (Å²) in [6, 6.07) is 11.9. The number of anilines is 1. The van der Waals surface area contributed by atoms with Crippen molar-refractivity contribution in [2.24, 2.45) is 0 Å². The van der Waals surface area contributed by atoms with Gasteiger partial charge in [-0.15, -0.1) is 11.8 Å². The van der Waals surface area contributed by atoms with E-state index in [9.17, 15) is 14.9 Å². The Morgan fingerprint density at radius 1 is 1.30 bits per heavy atom. The molecule has 0 heterocycles. The molecule has 0 fully saturated rings. The second kappa shape index (κ2) is 7.64. The number of aryl methyl sites for hydroxylation is 1. The van der Waals surface area contributed by atoms with Crippen molar-refractivity contribution in [1.29, 1.82) is 0 Å². The maximum absolute atomic E-state index is 11.9. The zero-order valence-corrected chi connectivity index (χ0v) is 13.6. The molecule has 2 rings (SSSR count). The Labute approximate surface area is 138 Å². The highest BCUT2D eigenvalue weighted by atomic mass is 32.2. The van der Waals surface area contributed by atoms with Crippen LogP contribution in [-0.2, 0) is 4.79 Å². The molecular formula is C16H16N2O4S. The van der Waals surface area contributed by atoms with Crippen LogP contribution in [0.5, 0.6) is 5.75 Å². The van der Waals surface area contributed by atoms with E-state index in [1.165, 1.54) is 6.07 Å². The molecule has 0 spiro atoms. The molecule has 120 valence electrons. The van der Waals surface area contributed by atoms with Crippen molar-refractivity contribution in [1.82, 2.24) is 0 Å². The second-order valence-corrected chi connectivity index (χ2v) is 5.68. The lowest BCUT2D eigenvalue weighted by molar-refractivity contribution is -0.385. The maximum Gasteiger partial charge on any atom is 0.310 e. The van der Waals surface area contributed by atoms with Gasteiger partial charge in [-0.3, -0.25) is 14.9 Å². The highest BCUT2D eigenvalue weighted by Crippen LogP contribution is 2.27. The molecule has 1 amide bonds. The lowest BCUT2D eigenvalue weighted by Gasteiger charge is -2.09. The predicted molar refractivity (Wildman–Crippen MR) is 90.2 cm³/mol. The zero-order valence-electron chi connectivity index (χ0n) is 12.7. The molecule has 6 nitrogen and oxygen atoms in total. The zero-order chi connectivity index (χ0) is 16.8. The van der Waals surface area contributed by atoms with Crippen LogP contribution in [0.15, 0.2) is 47.4 Å². The molecule has 0 aliphatic rings. The first-order valence-electron chi connectivity index (χ1n) is 6.81. The van der Waals surface area contributed by atoms with Crippen LogP contribution in [0.3, 0.4) is 0 Å². The number of hydrogen-bond donors (Lipinski definition) is 1. The molecule has 0 atom stereocenters. The fourth-order valence-corrected chi connectivity index (χ4v) is 2.39. The number of carbonyl (C=O) groups excluding carboxylic acids is 1. The summed E-state index contributed by atoms with van der Waals surface area (Å²) in [6.07, 6.45) is 1.95. The van der Waals surface area contributed by atoms with Gasteiger partial charge < -0.3 is 10.1 Å². The third-order valence-electron chi connectivity index (χ3n) is 3.02. The minimum absolute atomic E-state index is 0.0861. The predicted octanol–water partition coefficient (Wildman–Crippen LogP) is 3.64. The molecule has 0 saturated carbocycles. The Bertz CT molecular complexity index is 734. The highest BCUT2D eigenvalue weighted by molar-refractivity contribution is 7.98. The fraction of sp³-hybridized carbons (Fsp3) is 0.188. The Balaban J connectivity index is 2.02. The van der Waals surface area contributed by atoms with E-state index in [0.29, 0.717) is 5.69 Å². The molecule has 23 heavy (non-hydrogen) atoms. The van der Waals surface area contributed by atoms with Gasteiger partial charge in [0.15, 0.2) is 12.4 Å². The number of nitro benzene ring substituents is 1. The minimum atomic E-state index is -0.533. The van der Waals surface area contributed by atoms with Gasteiger partial charge in [-0.05, 0) is 43.0 Å². The van der Waals surface area contributed by atoms with E-state index in [0.717, 1.165) is 10.5 Å². The fourth-order valence-electron chi connectivity index (χ4n) is 1.93. The average molecular weight is 332 g/mol. The van der Waals surface area contributed by atoms with Crippen LogP contribution in [-0.4, -0.2) is 23.7 Å².